The van der Waals surface area contributed by atoms with Crippen molar-refractivity contribution in [3.8, 4) is 0 Å². The van der Waals surface area contributed by atoms with Gasteiger partial charge in [-0.2, -0.15) is 0 Å². The molecule has 0 heterocycles. The minimum absolute atomic E-state index is 0. The van der Waals surface area contributed by atoms with E-state index < -0.39 is 0 Å². The van der Waals surface area contributed by atoms with E-state index in [4.69, 9.17) is 0 Å². The third-order valence-electron chi connectivity index (χ3n) is 0.348. The van der Waals surface area contributed by atoms with Crippen molar-refractivity contribution in [1.82, 2.24) is 0 Å². The number of allylic oxidation sites excluding steroid dienone is 2. The summed E-state index contributed by atoms with van der Waals surface area (Å²) in [5.41, 5.74) is 1.02. The van der Waals surface area contributed by atoms with Gasteiger partial charge in [-0.25, -0.2) is 0 Å². The lowest BCUT2D eigenvalue weighted by Gasteiger charge is -1.71. The Balaban J connectivity index is 0. The van der Waals surface area contributed by atoms with Crippen LogP contribution in [0.25, 0.3) is 0 Å². The Morgan fingerprint density at radius 3 is 2.20 bits per heavy atom. The van der Waals surface area contributed by atoms with E-state index in [0.717, 1.165) is 5.57 Å². The van der Waals surface area contributed by atoms with Gasteiger partial charge in [0.1, 0.15) is 0 Å². The second-order valence-electron chi connectivity index (χ2n) is 1.05. The van der Waals surface area contributed by atoms with Crippen LogP contribution in [0.3, 0.4) is 0 Å². The first-order valence-electron chi connectivity index (χ1n) is 1.55. The summed E-state index contributed by atoms with van der Waals surface area (Å²) in [7, 11) is 0. The maximum Gasteiger partial charge on any atom is 0 e. The number of hydrogen-bond acceptors (Lipinski definition) is 0. The van der Waals surface area contributed by atoms with Gasteiger partial charge in [0.2, 0.25) is 0 Å². The summed E-state index contributed by atoms with van der Waals surface area (Å²) in [4.78, 5) is 0. The topological polar surface area (TPSA) is 0 Å². The highest BCUT2D eigenvalue weighted by Crippen LogP contribution is 1.81. The first-order chi connectivity index (χ1) is 2.27. The molecule has 0 amide bonds. The Morgan fingerprint density at radius 2 is 2.20 bits per heavy atom. The molecule has 0 aromatic heterocycles. The van der Waals surface area contributed by atoms with Crippen molar-refractivity contribution in [2.45, 2.75) is 6.92 Å². The fraction of sp³-hybridized carbons (Fsp3) is 0.200. The molecular formula is C5H10. The second-order valence-corrected chi connectivity index (χ2v) is 1.05. The van der Waals surface area contributed by atoms with Gasteiger partial charge in [-0.1, -0.05) is 24.8 Å². The Labute approximate surface area is 34.3 Å². The van der Waals surface area contributed by atoms with E-state index in [1.807, 2.05) is 6.92 Å². The highest BCUT2D eigenvalue weighted by Gasteiger charge is 1.59. The largest absolute Gasteiger partial charge is 0.0988 e. The lowest BCUT2D eigenvalue weighted by Crippen LogP contribution is -1.50. The van der Waals surface area contributed by atoms with E-state index in [-0.39, 0.29) is 1.43 Å². The molecular weight excluding hydrogens is 60.1 g/mol. The zero-order valence-corrected chi connectivity index (χ0v) is 3.49. The van der Waals surface area contributed by atoms with Crippen molar-refractivity contribution in [2.75, 3.05) is 0 Å². The molecule has 0 nitrogen and oxygen atoms in total. The van der Waals surface area contributed by atoms with E-state index in [9.17, 15) is 0 Å². The fourth-order valence-corrected chi connectivity index (χ4v) is 0. The molecule has 0 radical (unpaired) electrons. The van der Waals surface area contributed by atoms with Gasteiger partial charge in [-0.05, 0) is 6.92 Å². The van der Waals surface area contributed by atoms with Gasteiger partial charge in [0.05, 0.1) is 0 Å². The molecule has 0 aliphatic carbocycles. The summed E-state index contributed by atoms with van der Waals surface area (Å²) in [6.45, 7) is 8.93. The van der Waals surface area contributed by atoms with Crippen LogP contribution in [-0.4, -0.2) is 0 Å². The molecule has 0 rings (SSSR count). The fourth-order valence-electron chi connectivity index (χ4n) is 0. The van der Waals surface area contributed by atoms with Crippen LogP contribution in [0.1, 0.15) is 8.35 Å². The van der Waals surface area contributed by atoms with Crippen molar-refractivity contribution in [3.05, 3.63) is 24.8 Å². The van der Waals surface area contributed by atoms with Crippen molar-refractivity contribution in [3.63, 3.8) is 0 Å². The molecule has 0 spiro atoms. The summed E-state index contributed by atoms with van der Waals surface area (Å²) in [5.74, 6) is 0. The Bertz CT molecular complexity index is 55.0. The third-order valence-corrected chi connectivity index (χ3v) is 0.348. The smallest absolute Gasteiger partial charge is 0 e. The summed E-state index contributed by atoms with van der Waals surface area (Å²) in [5, 5.41) is 0. The molecule has 5 heavy (non-hydrogen) atoms. The molecule has 0 aliphatic heterocycles. The van der Waals surface area contributed by atoms with Gasteiger partial charge in [-0.15, -0.1) is 0 Å². The highest BCUT2D eigenvalue weighted by molar-refractivity contribution is 5.05. The van der Waals surface area contributed by atoms with Gasteiger partial charge >= 0.3 is 0 Å². The second kappa shape index (κ2) is 1.77. The summed E-state index contributed by atoms with van der Waals surface area (Å²) < 4.78 is 0. The lowest BCUT2D eigenvalue weighted by atomic mass is 10.4. The Hall–Kier alpha value is -0.520. The molecule has 0 aromatic carbocycles. The van der Waals surface area contributed by atoms with Crippen LogP contribution in [0.4, 0.5) is 0 Å². The van der Waals surface area contributed by atoms with Gasteiger partial charge < -0.3 is 0 Å². The van der Waals surface area contributed by atoms with Crippen molar-refractivity contribution in [2.24, 2.45) is 0 Å². The van der Waals surface area contributed by atoms with Crippen LogP contribution in [0.2, 0.25) is 0 Å². The van der Waals surface area contributed by atoms with E-state index in [1.54, 1.807) is 6.08 Å². The number of hydrogen-bond donors (Lipinski definition) is 0. The minimum Gasteiger partial charge on any atom is -0.0988 e. The molecule has 0 aliphatic rings. The third kappa shape index (κ3) is 3.48. The average molecular weight is 70.1 g/mol. The summed E-state index contributed by atoms with van der Waals surface area (Å²) >= 11 is 0. The van der Waals surface area contributed by atoms with Crippen LogP contribution in [0.5, 0.6) is 0 Å². The van der Waals surface area contributed by atoms with Gasteiger partial charge in [0, 0.05) is 1.43 Å². The molecule has 30 valence electrons. The normalized spacial score (nSPS) is 6.60. The maximum absolute atomic E-state index is 3.56. The van der Waals surface area contributed by atoms with E-state index >= 15 is 0 Å². The Kier molecular flexibility index (Phi) is 1.58. The van der Waals surface area contributed by atoms with Gasteiger partial charge in [-0.3, -0.25) is 0 Å². The minimum atomic E-state index is 0. The maximum atomic E-state index is 3.56. The quantitative estimate of drug-likeness (QED) is 0.414. The molecule has 0 bridgehead atoms. The molecule has 0 unspecified atom stereocenters. The summed E-state index contributed by atoms with van der Waals surface area (Å²) in [6, 6.07) is 0. The van der Waals surface area contributed by atoms with Crippen molar-refractivity contribution < 1.29 is 1.43 Å². The first kappa shape index (κ1) is 4.48. The van der Waals surface area contributed by atoms with Gasteiger partial charge in [0.15, 0.2) is 0 Å². The van der Waals surface area contributed by atoms with E-state index in [0.29, 0.717) is 0 Å². The molecule has 0 N–H and O–H groups in total. The average Bonchev–Trinajstić information content (AvgIpc) is 1.38. The standard InChI is InChI=1S/C5H8.H2/c1-4-5(2)3;/h4H,1-2H2,3H3;1H. The monoisotopic (exact) mass is 70.1 g/mol. The highest BCUT2D eigenvalue weighted by atomic mass is 13.7. The van der Waals surface area contributed by atoms with Crippen LogP contribution in [0, 0.1) is 0 Å². The van der Waals surface area contributed by atoms with Crippen LogP contribution < -0.4 is 0 Å². The lowest BCUT2D eigenvalue weighted by molar-refractivity contribution is 1.58. The molecule has 0 fully saturated rings. The van der Waals surface area contributed by atoms with Gasteiger partial charge in [0.25, 0.3) is 0 Å². The molecule has 0 heteroatoms. The molecule has 0 aromatic rings. The zero-order chi connectivity index (χ0) is 4.28. The Morgan fingerprint density at radius 1 is 2.00 bits per heavy atom. The molecule has 0 saturated carbocycles. The van der Waals surface area contributed by atoms with Crippen molar-refractivity contribution in [1.29, 1.82) is 0 Å². The van der Waals surface area contributed by atoms with Crippen LogP contribution >= 0.6 is 0 Å². The van der Waals surface area contributed by atoms with E-state index in [1.165, 1.54) is 0 Å². The zero-order valence-electron chi connectivity index (χ0n) is 3.49. The molecule has 0 saturated heterocycles. The number of rotatable bonds is 1. The van der Waals surface area contributed by atoms with E-state index in [2.05, 4.69) is 13.2 Å². The summed E-state index contributed by atoms with van der Waals surface area (Å²) in [6.07, 6.45) is 1.72. The first-order valence-corrected chi connectivity index (χ1v) is 1.55. The molecule has 0 atom stereocenters. The van der Waals surface area contributed by atoms with Crippen LogP contribution in [-0.2, 0) is 0 Å². The predicted molar refractivity (Wildman–Crippen MR) is 27.1 cm³/mol. The van der Waals surface area contributed by atoms with Crippen LogP contribution in [0.15, 0.2) is 24.8 Å². The predicted octanol–water partition coefficient (Wildman–Crippen LogP) is 1.99. The van der Waals surface area contributed by atoms with Crippen molar-refractivity contribution >= 4 is 0 Å². The SMILES string of the molecule is C=CC(=C)C.[HH].